The molecule has 1 aromatic carbocycles. The number of hydrogen-bond acceptors (Lipinski definition) is 6. The first-order chi connectivity index (χ1) is 14.4. The zero-order valence-electron chi connectivity index (χ0n) is 17.7. The number of ether oxygens (including phenoxy) is 2. The number of nitrogens with zero attached hydrogens (tertiary/aromatic N) is 2. The topological polar surface area (TPSA) is 76.2 Å². The Morgan fingerprint density at radius 3 is 2.57 bits per heavy atom. The van der Waals surface area contributed by atoms with Crippen molar-refractivity contribution in [2.75, 3.05) is 26.2 Å². The van der Waals surface area contributed by atoms with Gasteiger partial charge in [0.2, 0.25) is 5.91 Å². The second kappa shape index (κ2) is 10.0. The molecule has 3 rings (SSSR count). The van der Waals surface area contributed by atoms with Gasteiger partial charge in [-0.2, -0.15) is 0 Å². The van der Waals surface area contributed by atoms with Crippen molar-refractivity contribution < 1.29 is 23.9 Å². The van der Waals surface area contributed by atoms with Gasteiger partial charge in [0, 0.05) is 13.1 Å². The number of amides is 3. The van der Waals surface area contributed by atoms with Gasteiger partial charge in [0.1, 0.15) is 6.54 Å². The van der Waals surface area contributed by atoms with Crippen molar-refractivity contribution in [2.24, 2.45) is 0 Å². The fourth-order valence-electron chi connectivity index (χ4n) is 3.40. The first kappa shape index (κ1) is 22.2. The van der Waals surface area contributed by atoms with E-state index in [2.05, 4.69) is 0 Å². The molecule has 8 heteroatoms. The molecule has 2 aliphatic rings. The van der Waals surface area contributed by atoms with Gasteiger partial charge >= 0.3 is 0 Å². The van der Waals surface area contributed by atoms with Crippen molar-refractivity contribution in [1.82, 2.24) is 9.80 Å². The van der Waals surface area contributed by atoms with E-state index in [1.165, 1.54) is 0 Å². The molecule has 30 heavy (non-hydrogen) atoms. The minimum absolute atomic E-state index is 0.00370. The van der Waals surface area contributed by atoms with Crippen molar-refractivity contribution >= 4 is 34.9 Å². The van der Waals surface area contributed by atoms with Crippen molar-refractivity contribution in [3.8, 4) is 11.5 Å². The van der Waals surface area contributed by atoms with E-state index < -0.39 is 11.1 Å². The van der Waals surface area contributed by atoms with Crippen LogP contribution < -0.4 is 9.47 Å². The van der Waals surface area contributed by atoms with Crippen LogP contribution in [-0.4, -0.2) is 59.2 Å². The number of likely N-dealkylation sites (tertiary alicyclic amines) is 1. The number of carbonyl (C=O) groups is 3. The van der Waals surface area contributed by atoms with Crippen LogP contribution in [0.5, 0.6) is 11.5 Å². The fourth-order valence-corrected chi connectivity index (χ4v) is 4.24. The molecule has 162 valence electrons. The highest BCUT2D eigenvalue weighted by atomic mass is 32.2. The summed E-state index contributed by atoms with van der Waals surface area (Å²) in [6, 6.07) is 5.39. The van der Waals surface area contributed by atoms with Gasteiger partial charge in [-0.3, -0.25) is 19.3 Å². The molecule has 0 bridgehead atoms. The standard InChI is InChI=1S/C22H28N2O5S/c1-4-28-18-12-16(8-9-17(18)29-15(2)3)13-19-21(26)24(22(27)30-19)14-20(25)23-10-6-5-7-11-23/h8-9,12-13,15H,4-7,10-11,14H2,1-3H3/b19-13+. The van der Waals surface area contributed by atoms with Crippen LogP contribution in [-0.2, 0) is 9.59 Å². The van der Waals surface area contributed by atoms with Crippen LogP contribution in [0.25, 0.3) is 6.08 Å². The van der Waals surface area contributed by atoms with Gasteiger partial charge in [0.05, 0.1) is 17.6 Å². The monoisotopic (exact) mass is 432 g/mol. The number of piperidine rings is 1. The van der Waals surface area contributed by atoms with Crippen molar-refractivity contribution in [1.29, 1.82) is 0 Å². The highest BCUT2D eigenvalue weighted by Crippen LogP contribution is 2.35. The van der Waals surface area contributed by atoms with Crippen molar-refractivity contribution in [3.05, 3.63) is 28.7 Å². The van der Waals surface area contributed by atoms with Crippen molar-refractivity contribution in [3.63, 3.8) is 0 Å². The maximum absolute atomic E-state index is 12.8. The number of carbonyl (C=O) groups excluding carboxylic acids is 3. The summed E-state index contributed by atoms with van der Waals surface area (Å²) in [5.41, 5.74) is 0.724. The second-order valence-electron chi connectivity index (χ2n) is 7.52. The molecule has 7 nitrogen and oxygen atoms in total. The van der Waals surface area contributed by atoms with Gasteiger partial charge < -0.3 is 14.4 Å². The predicted octanol–water partition coefficient (Wildman–Crippen LogP) is 3.92. The first-order valence-corrected chi connectivity index (χ1v) is 11.2. The van der Waals surface area contributed by atoms with E-state index in [-0.39, 0.29) is 18.6 Å². The summed E-state index contributed by atoms with van der Waals surface area (Å²) in [5, 5.41) is -0.415. The zero-order valence-corrected chi connectivity index (χ0v) is 18.5. The van der Waals surface area contributed by atoms with Gasteiger partial charge in [-0.15, -0.1) is 0 Å². The molecular formula is C22H28N2O5S. The van der Waals surface area contributed by atoms with Crippen LogP contribution in [0.3, 0.4) is 0 Å². The number of rotatable bonds is 7. The Balaban J connectivity index is 1.74. The number of thioether (sulfide) groups is 1. The Kier molecular flexibility index (Phi) is 7.42. The Labute approximate surface area is 181 Å². The Bertz CT molecular complexity index is 846. The molecule has 0 unspecified atom stereocenters. The molecule has 2 heterocycles. The zero-order chi connectivity index (χ0) is 21.7. The van der Waals surface area contributed by atoms with Crippen LogP contribution in [0.15, 0.2) is 23.1 Å². The molecular weight excluding hydrogens is 404 g/mol. The van der Waals surface area contributed by atoms with Crippen LogP contribution in [0.2, 0.25) is 0 Å². The largest absolute Gasteiger partial charge is 0.490 e. The molecule has 0 saturated carbocycles. The maximum atomic E-state index is 12.8. The molecule has 0 radical (unpaired) electrons. The third kappa shape index (κ3) is 5.36. The molecule has 0 aromatic heterocycles. The summed E-state index contributed by atoms with van der Waals surface area (Å²) in [4.78, 5) is 40.7. The third-order valence-electron chi connectivity index (χ3n) is 4.80. The van der Waals surface area contributed by atoms with Gasteiger partial charge in [-0.25, -0.2) is 0 Å². The lowest BCUT2D eigenvalue weighted by Crippen LogP contribution is -2.44. The molecule has 0 N–H and O–H groups in total. The lowest BCUT2D eigenvalue weighted by Gasteiger charge is -2.27. The van der Waals surface area contributed by atoms with Crippen LogP contribution in [0.4, 0.5) is 4.79 Å². The number of benzene rings is 1. The number of imide groups is 1. The summed E-state index contributed by atoms with van der Waals surface area (Å²) >= 11 is 0.855. The van der Waals surface area contributed by atoms with Gasteiger partial charge in [-0.1, -0.05) is 6.07 Å². The summed E-state index contributed by atoms with van der Waals surface area (Å²) < 4.78 is 11.4. The molecule has 3 amide bonds. The molecule has 1 aromatic rings. The lowest BCUT2D eigenvalue weighted by atomic mass is 10.1. The van der Waals surface area contributed by atoms with E-state index in [0.717, 1.165) is 41.5 Å². The lowest BCUT2D eigenvalue weighted by molar-refractivity contribution is -0.136. The van der Waals surface area contributed by atoms with Crippen LogP contribution in [0.1, 0.15) is 45.6 Å². The normalized spacial score (nSPS) is 18.5. The highest BCUT2D eigenvalue weighted by molar-refractivity contribution is 8.18. The molecule has 0 atom stereocenters. The van der Waals surface area contributed by atoms with E-state index >= 15 is 0 Å². The molecule has 0 aliphatic carbocycles. The third-order valence-corrected chi connectivity index (χ3v) is 5.71. The van der Waals surface area contributed by atoms with Crippen LogP contribution >= 0.6 is 11.8 Å². The van der Waals surface area contributed by atoms with E-state index in [1.807, 2.05) is 26.8 Å². The van der Waals surface area contributed by atoms with E-state index in [9.17, 15) is 14.4 Å². The first-order valence-electron chi connectivity index (χ1n) is 10.4. The average Bonchev–Trinajstić information content (AvgIpc) is 2.98. The van der Waals surface area contributed by atoms with E-state index in [4.69, 9.17) is 9.47 Å². The molecule has 0 spiro atoms. The predicted molar refractivity (Wildman–Crippen MR) is 116 cm³/mol. The van der Waals surface area contributed by atoms with E-state index in [0.29, 0.717) is 36.1 Å². The minimum atomic E-state index is -0.434. The van der Waals surface area contributed by atoms with Gasteiger partial charge in [0.15, 0.2) is 11.5 Å². The second-order valence-corrected chi connectivity index (χ2v) is 8.51. The Morgan fingerprint density at radius 2 is 1.90 bits per heavy atom. The molecule has 2 fully saturated rings. The van der Waals surface area contributed by atoms with Crippen LogP contribution in [0, 0.1) is 0 Å². The summed E-state index contributed by atoms with van der Waals surface area (Å²) in [6.45, 7) is 7.42. The smallest absolute Gasteiger partial charge is 0.294 e. The fraction of sp³-hybridized carbons (Fsp3) is 0.500. The van der Waals surface area contributed by atoms with E-state index in [1.54, 1.807) is 23.1 Å². The summed E-state index contributed by atoms with van der Waals surface area (Å²) in [6.07, 6.45) is 4.69. The quantitative estimate of drug-likeness (QED) is 0.608. The maximum Gasteiger partial charge on any atom is 0.294 e. The molecule has 2 aliphatic heterocycles. The summed E-state index contributed by atoms with van der Waals surface area (Å²) in [7, 11) is 0. The summed E-state index contributed by atoms with van der Waals surface area (Å²) in [5.74, 6) is 0.603. The van der Waals surface area contributed by atoms with Crippen molar-refractivity contribution in [2.45, 2.75) is 46.1 Å². The highest BCUT2D eigenvalue weighted by Gasteiger charge is 2.37. The minimum Gasteiger partial charge on any atom is -0.490 e. The van der Waals surface area contributed by atoms with Gasteiger partial charge in [-0.05, 0) is 75.6 Å². The average molecular weight is 433 g/mol. The molecule has 2 saturated heterocycles. The Hall–Kier alpha value is -2.48. The van der Waals surface area contributed by atoms with Gasteiger partial charge in [0.25, 0.3) is 11.1 Å². The number of hydrogen-bond donors (Lipinski definition) is 0. The Morgan fingerprint density at radius 1 is 1.17 bits per heavy atom. The SMILES string of the molecule is CCOc1cc(/C=C2/SC(=O)N(CC(=O)N3CCCCC3)C2=O)ccc1OC(C)C.